The molecule has 0 radical (unpaired) electrons. The molecule has 0 saturated carbocycles. The molecule has 0 aliphatic heterocycles. The van der Waals surface area contributed by atoms with Gasteiger partial charge in [-0.1, -0.05) is 12.1 Å². The highest BCUT2D eigenvalue weighted by Gasteiger charge is 2.10. The maximum atomic E-state index is 11.8. The van der Waals surface area contributed by atoms with Gasteiger partial charge in [-0.3, -0.25) is 4.79 Å². The summed E-state index contributed by atoms with van der Waals surface area (Å²) in [7, 11) is 1.82. The number of carbonyl (C=O) groups excluding carboxylic acids is 1. The van der Waals surface area contributed by atoms with Crippen LogP contribution in [0.2, 0.25) is 0 Å². The van der Waals surface area contributed by atoms with E-state index in [0.717, 1.165) is 11.3 Å². The first-order valence-corrected chi connectivity index (χ1v) is 6.72. The summed E-state index contributed by atoms with van der Waals surface area (Å²) in [6, 6.07) is 8.14. The zero-order chi connectivity index (χ0) is 14.3. The maximum absolute atomic E-state index is 11.8. The standard InChI is InChI=1S/C15H24N2O2/c1-5-19-14-8-6-7-13(9-14)10-16-11-15(18)17(4)12(2)3/h6-9,12,16H,5,10-11H2,1-4H3. The molecule has 0 aliphatic rings. The molecular weight excluding hydrogens is 240 g/mol. The Morgan fingerprint density at radius 1 is 1.42 bits per heavy atom. The highest BCUT2D eigenvalue weighted by Crippen LogP contribution is 2.12. The van der Waals surface area contributed by atoms with Gasteiger partial charge in [-0.15, -0.1) is 0 Å². The van der Waals surface area contributed by atoms with Gasteiger partial charge in [-0.05, 0) is 38.5 Å². The first-order valence-electron chi connectivity index (χ1n) is 6.72. The molecule has 106 valence electrons. The molecule has 1 aromatic carbocycles. The van der Waals surface area contributed by atoms with E-state index >= 15 is 0 Å². The Bertz CT molecular complexity index is 405. The second-order valence-corrected chi connectivity index (χ2v) is 4.78. The van der Waals surface area contributed by atoms with Crippen molar-refractivity contribution in [2.75, 3.05) is 20.2 Å². The second kappa shape index (κ2) is 7.79. The van der Waals surface area contributed by atoms with Gasteiger partial charge in [0.05, 0.1) is 13.2 Å². The van der Waals surface area contributed by atoms with E-state index in [-0.39, 0.29) is 11.9 Å². The van der Waals surface area contributed by atoms with Crippen LogP contribution in [0.4, 0.5) is 0 Å². The Morgan fingerprint density at radius 2 is 2.16 bits per heavy atom. The van der Waals surface area contributed by atoms with Gasteiger partial charge in [0, 0.05) is 19.6 Å². The number of nitrogens with zero attached hydrogens (tertiary/aromatic N) is 1. The van der Waals surface area contributed by atoms with Crippen molar-refractivity contribution < 1.29 is 9.53 Å². The molecule has 0 bridgehead atoms. The Labute approximate surface area is 115 Å². The van der Waals surface area contributed by atoms with E-state index in [1.54, 1.807) is 4.90 Å². The number of ether oxygens (including phenoxy) is 1. The van der Waals surface area contributed by atoms with Crippen molar-refractivity contribution >= 4 is 5.91 Å². The Hall–Kier alpha value is -1.55. The SMILES string of the molecule is CCOc1cccc(CNCC(=O)N(C)C(C)C)c1. The first kappa shape index (κ1) is 15.5. The molecule has 4 heteroatoms. The lowest BCUT2D eigenvalue weighted by atomic mass is 10.2. The number of hydrogen-bond donors (Lipinski definition) is 1. The number of amides is 1. The van der Waals surface area contributed by atoms with Crippen molar-refractivity contribution in [1.29, 1.82) is 0 Å². The minimum Gasteiger partial charge on any atom is -0.494 e. The van der Waals surface area contributed by atoms with E-state index in [1.807, 2.05) is 52.1 Å². The average Bonchev–Trinajstić information content (AvgIpc) is 2.38. The fraction of sp³-hybridized carbons (Fsp3) is 0.533. The number of benzene rings is 1. The highest BCUT2D eigenvalue weighted by molar-refractivity contribution is 5.78. The van der Waals surface area contributed by atoms with Crippen LogP contribution < -0.4 is 10.1 Å². The smallest absolute Gasteiger partial charge is 0.236 e. The Morgan fingerprint density at radius 3 is 2.79 bits per heavy atom. The lowest BCUT2D eigenvalue weighted by Gasteiger charge is -2.21. The van der Waals surface area contributed by atoms with Crippen LogP contribution in [0, 0.1) is 0 Å². The highest BCUT2D eigenvalue weighted by atomic mass is 16.5. The van der Waals surface area contributed by atoms with Crippen LogP contribution in [0.25, 0.3) is 0 Å². The predicted molar refractivity (Wildman–Crippen MR) is 77.2 cm³/mol. The van der Waals surface area contributed by atoms with E-state index in [0.29, 0.717) is 19.7 Å². The average molecular weight is 264 g/mol. The minimum atomic E-state index is 0.107. The van der Waals surface area contributed by atoms with Gasteiger partial charge >= 0.3 is 0 Å². The zero-order valence-corrected chi connectivity index (χ0v) is 12.3. The normalized spacial score (nSPS) is 10.6. The molecule has 19 heavy (non-hydrogen) atoms. The summed E-state index contributed by atoms with van der Waals surface area (Å²) in [6.07, 6.45) is 0. The van der Waals surface area contributed by atoms with Crippen LogP contribution in [0.15, 0.2) is 24.3 Å². The molecule has 0 aliphatic carbocycles. The molecule has 1 N–H and O–H groups in total. The Balaban J connectivity index is 2.40. The first-order chi connectivity index (χ1) is 9.04. The van der Waals surface area contributed by atoms with Crippen molar-refractivity contribution in [3.63, 3.8) is 0 Å². The molecule has 0 fully saturated rings. The summed E-state index contributed by atoms with van der Waals surface area (Å²) in [5.41, 5.74) is 1.12. The molecule has 1 rings (SSSR count). The third kappa shape index (κ3) is 5.30. The number of carbonyl (C=O) groups is 1. The van der Waals surface area contributed by atoms with Gasteiger partial charge in [-0.2, -0.15) is 0 Å². The quantitative estimate of drug-likeness (QED) is 0.819. The van der Waals surface area contributed by atoms with Gasteiger partial charge in [-0.25, -0.2) is 0 Å². The summed E-state index contributed by atoms with van der Waals surface area (Å²) in [4.78, 5) is 13.5. The number of likely N-dealkylation sites (N-methyl/N-ethyl adjacent to an activating group) is 1. The van der Waals surface area contributed by atoms with E-state index in [2.05, 4.69) is 5.32 Å². The van der Waals surface area contributed by atoms with Crippen LogP contribution >= 0.6 is 0 Å². The fourth-order valence-corrected chi connectivity index (χ4v) is 1.64. The van der Waals surface area contributed by atoms with Crippen molar-refractivity contribution in [3.8, 4) is 5.75 Å². The van der Waals surface area contributed by atoms with E-state index in [1.165, 1.54) is 0 Å². The molecule has 0 saturated heterocycles. The van der Waals surface area contributed by atoms with Crippen molar-refractivity contribution in [3.05, 3.63) is 29.8 Å². The number of rotatable bonds is 7. The van der Waals surface area contributed by atoms with Crippen LogP contribution in [0.1, 0.15) is 26.3 Å². The predicted octanol–water partition coefficient (Wildman–Crippen LogP) is 2.04. The van der Waals surface area contributed by atoms with Crippen LogP contribution in [0.5, 0.6) is 5.75 Å². The summed E-state index contributed by atoms with van der Waals surface area (Å²) < 4.78 is 5.44. The van der Waals surface area contributed by atoms with Gasteiger partial charge in [0.1, 0.15) is 5.75 Å². The van der Waals surface area contributed by atoms with E-state index in [4.69, 9.17) is 4.74 Å². The lowest BCUT2D eigenvalue weighted by Crippen LogP contribution is -2.39. The molecule has 0 heterocycles. The summed E-state index contributed by atoms with van der Waals surface area (Å²) in [5, 5.41) is 3.16. The largest absolute Gasteiger partial charge is 0.494 e. The van der Waals surface area contributed by atoms with Gasteiger partial charge in [0.25, 0.3) is 0 Å². The fourth-order valence-electron chi connectivity index (χ4n) is 1.64. The van der Waals surface area contributed by atoms with Crippen LogP contribution in [0.3, 0.4) is 0 Å². The van der Waals surface area contributed by atoms with Gasteiger partial charge in [0.2, 0.25) is 5.91 Å². The maximum Gasteiger partial charge on any atom is 0.236 e. The molecule has 0 aromatic heterocycles. The third-order valence-corrected chi connectivity index (χ3v) is 2.98. The second-order valence-electron chi connectivity index (χ2n) is 4.78. The van der Waals surface area contributed by atoms with Crippen molar-refractivity contribution in [1.82, 2.24) is 10.2 Å². The third-order valence-electron chi connectivity index (χ3n) is 2.98. The lowest BCUT2D eigenvalue weighted by molar-refractivity contribution is -0.130. The Kier molecular flexibility index (Phi) is 6.36. The summed E-state index contributed by atoms with van der Waals surface area (Å²) in [5.74, 6) is 0.975. The molecule has 1 aromatic rings. The van der Waals surface area contributed by atoms with E-state index < -0.39 is 0 Å². The summed E-state index contributed by atoms with van der Waals surface area (Å²) >= 11 is 0. The minimum absolute atomic E-state index is 0.107. The zero-order valence-electron chi connectivity index (χ0n) is 12.3. The summed E-state index contributed by atoms with van der Waals surface area (Å²) in [6.45, 7) is 7.65. The van der Waals surface area contributed by atoms with Gasteiger partial charge < -0.3 is 15.0 Å². The molecule has 1 amide bonds. The van der Waals surface area contributed by atoms with Gasteiger partial charge in [0.15, 0.2) is 0 Å². The van der Waals surface area contributed by atoms with Crippen LogP contribution in [-0.4, -0.2) is 37.0 Å². The van der Waals surface area contributed by atoms with Crippen molar-refractivity contribution in [2.45, 2.75) is 33.4 Å². The number of hydrogen-bond acceptors (Lipinski definition) is 3. The molecule has 0 unspecified atom stereocenters. The monoisotopic (exact) mass is 264 g/mol. The van der Waals surface area contributed by atoms with Crippen molar-refractivity contribution in [2.24, 2.45) is 0 Å². The number of nitrogens with one attached hydrogen (secondary N) is 1. The molecule has 4 nitrogen and oxygen atoms in total. The topological polar surface area (TPSA) is 41.6 Å². The molecule has 0 spiro atoms. The van der Waals surface area contributed by atoms with E-state index in [9.17, 15) is 4.79 Å². The molecule has 0 atom stereocenters. The molecular formula is C15H24N2O2. The van der Waals surface area contributed by atoms with Crippen LogP contribution in [-0.2, 0) is 11.3 Å².